The number of amides is 1. The lowest BCUT2D eigenvalue weighted by Crippen LogP contribution is -2.69. The van der Waals surface area contributed by atoms with Crippen LogP contribution in [0.15, 0.2) is 18.3 Å². The van der Waals surface area contributed by atoms with Gasteiger partial charge in [-0.05, 0) is 18.6 Å². The number of carbonyl (C=O) groups excluding carboxylic acids is 2. The number of methoxy groups -OCH3 is 1. The number of hydrogen-bond acceptors (Lipinski definition) is 5. The number of esters is 1. The van der Waals surface area contributed by atoms with Crippen LogP contribution in [0.4, 0.5) is 19.0 Å². The Labute approximate surface area is 125 Å². The second-order valence-corrected chi connectivity index (χ2v) is 4.43. The predicted molar refractivity (Wildman–Crippen MR) is 71.8 cm³/mol. The molecule has 1 aromatic heterocycles. The molecule has 0 aliphatic carbocycles. The third kappa shape index (κ3) is 3.46. The molecule has 0 fully saturated rings. The van der Waals surface area contributed by atoms with Gasteiger partial charge in [0.1, 0.15) is 5.82 Å². The first kappa shape index (κ1) is 17.7. The van der Waals surface area contributed by atoms with E-state index < -0.39 is 23.7 Å². The second kappa shape index (κ2) is 6.63. The highest BCUT2D eigenvalue weighted by atomic mass is 19.4. The Hall–Kier alpha value is -2.32. The Morgan fingerprint density at radius 1 is 1.36 bits per heavy atom. The SMILES string of the molecule is CCC(=O)N[C@](Nc1ncccc1C)(C(=O)OC)C(F)(F)F. The van der Waals surface area contributed by atoms with Gasteiger partial charge in [-0.2, -0.15) is 13.2 Å². The summed E-state index contributed by atoms with van der Waals surface area (Å²) in [5.74, 6) is -2.85. The second-order valence-electron chi connectivity index (χ2n) is 4.43. The molecule has 1 rings (SSSR count). The Balaban J connectivity index is 3.39. The van der Waals surface area contributed by atoms with Crippen LogP contribution in [0.2, 0.25) is 0 Å². The summed E-state index contributed by atoms with van der Waals surface area (Å²) in [5.41, 5.74) is -3.04. The van der Waals surface area contributed by atoms with Crippen LogP contribution in [0.1, 0.15) is 18.9 Å². The zero-order valence-corrected chi connectivity index (χ0v) is 12.2. The molecular weight excluding hydrogens is 303 g/mol. The Kier molecular flexibility index (Phi) is 5.34. The van der Waals surface area contributed by atoms with Crippen LogP contribution in [0, 0.1) is 6.92 Å². The minimum Gasteiger partial charge on any atom is -0.466 e. The zero-order valence-electron chi connectivity index (χ0n) is 12.2. The fourth-order valence-electron chi connectivity index (χ4n) is 1.64. The highest BCUT2D eigenvalue weighted by Crippen LogP contribution is 2.33. The minimum absolute atomic E-state index is 0.193. The molecule has 0 aromatic carbocycles. The highest BCUT2D eigenvalue weighted by Gasteiger charge is 2.63. The quantitative estimate of drug-likeness (QED) is 0.638. The van der Waals surface area contributed by atoms with Gasteiger partial charge < -0.3 is 15.4 Å². The molecule has 1 heterocycles. The van der Waals surface area contributed by atoms with Crippen molar-refractivity contribution < 1.29 is 27.5 Å². The van der Waals surface area contributed by atoms with Crippen molar-refractivity contribution in [2.45, 2.75) is 32.1 Å². The summed E-state index contributed by atoms with van der Waals surface area (Å²) in [6.07, 6.45) is -4.12. The van der Waals surface area contributed by atoms with E-state index in [0.29, 0.717) is 5.56 Å². The molecule has 122 valence electrons. The van der Waals surface area contributed by atoms with E-state index in [2.05, 4.69) is 9.72 Å². The Bertz CT molecular complexity index is 563. The molecule has 1 aromatic rings. The van der Waals surface area contributed by atoms with Crippen molar-refractivity contribution in [1.29, 1.82) is 0 Å². The summed E-state index contributed by atoms with van der Waals surface area (Å²) < 4.78 is 44.8. The van der Waals surface area contributed by atoms with E-state index in [0.717, 1.165) is 7.11 Å². The topological polar surface area (TPSA) is 80.3 Å². The van der Waals surface area contributed by atoms with Gasteiger partial charge in [-0.25, -0.2) is 9.78 Å². The van der Waals surface area contributed by atoms with Crippen molar-refractivity contribution in [3.8, 4) is 0 Å². The van der Waals surface area contributed by atoms with Crippen molar-refractivity contribution in [2.24, 2.45) is 0 Å². The van der Waals surface area contributed by atoms with E-state index >= 15 is 0 Å². The van der Waals surface area contributed by atoms with Crippen molar-refractivity contribution in [2.75, 3.05) is 12.4 Å². The number of alkyl halides is 3. The van der Waals surface area contributed by atoms with Crippen LogP contribution in [-0.2, 0) is 14.3 Å². The average molecular weight is 319 g/mol. The van der Waals surface area contributed by atoms with E-state index in [9.17, 15) is 22.8 Å². The number of halogens is 3. The summed E-state index contributed by atoms with van der Waals surface area (Å²) in [4.78, 5) is 27.0. The zero-order chi connectivity index (χ0) is 17.0. The number of anilines is 1. The third-order valence-corrected chi connectivity index (χ3v) is 2.88. The molecule has 0 aliphatic rings. The van der Waals surface area contributed by atoms with Gasteiger partial charge in [0.25, 0.3) is 0 Å². The monoisotopic (exact) mass is 319 g/mol. The lowest BCUT2D eigenvalue weighted by Gasteiger charge is -2.34. The normalized spacial score (nSPS) is 13.9. The molecule has 0 saturated carbocycles. The first-order valence-corrected chi connectivity index (χ1v) is 6.34. The van der Waals surface area contributed by atoms with Crippen LogP contribution >= 0.6 is 0 Å². The molecule has 0 bridgehead atoms. The van der Waals surface area contributed by atoms with Crippen LogP contribution in [0.25, 0.3) is 0 Å². The van der Waals surface area contributed by atoms with Gasteiger partial charge in [0.15, 0.2) is 0 Å². The molecule has 1 atom stereocenters. The van der Waals surface area contributed by atoms with Gasteiger partial charge in [-0.1, -0.05) is 13.0 Å². The predicted octanol–water partition coefficient (Wildman–Crippen LogP) is 1.76. The summed E-state index contributed by atoms with van der Waals surface area (Å²) >= 11 is 0. The highest BCUT2D eigenvalue weighted by molar-refractivity contribution is 5.91. The van der Waals surface area contributed by atoms with Gasteiger partial charge >= 0.3 is 17.8 Å². The van der Waals surface area contributed by atoms with E-state index in [1.165, 1.54) is 32.2 Å². The number of nitrogens with one attached hydrogen (secondary N) is 2. The van der Waals surface area contributed by atoms with Gasteiger partial charge in [0, 0.05) is 12.6 Å². The molecule has 22 heavy (non-hydrogen) atoms. The molecule has 2 N–H and O–H groups in total. The van der Waals surface area contributed by atoms with E-state index in [1.807, 2.05) is 5.32 Å². The molecule has 0 saturated heterocycles. The van der Waals surface area contributed by atoms with Gasteiger partial charge in [0.05, 0.1) is 7.11 Å². The molecule has 1 amide bonds. The van der Waals surface area contributed by atoms with Crippen molar-refractivity contribution >= 4 is 17.7 Å². The van der Waals surface area contributed by atoms with E-state index in [4.69, 9.17) is 0 Å². The van der Waals surface area contributed by atoms with Crippen LogP contribution < -0.4 is 10.6 Å². The molecule has 0 aliphatic heterocycles. The Morgan fingerprint density at radius 2 is 2.00 bits per heavy atom. The maximum atomic E-state index is 13.5. The van der Waals surface area contributed by atoms with E-state index in [1.54, 1.807) is 5.32 Å². The van der Waals surface area contributed by atoms with Gasteiger partial charge in [-0.15, -0.1) is 0 Å². The maximum Gasteiger partial charge on any atom is 0.441 e. The van der Waals surface area contributed by atoms with Crippen LogP contribution in [0.3, 0.4) is 0 Å². The minimum atomic E-state index is -5.14. The summed E-state index contributed by atoms with van der Waals surface area (Å²) in [7, 11) is 0.799. The summed E-state index contributed by atoms with van der Waals surface area (Å²) in [6.45, 7) is 2.87. The largest absolute Gasteiger partial charge is 0.466 e. The molecule has 0 spiro atoms. The standard InChI is InChI=1S/C13H16F3N3O3/c1-4-9(20)18-12(11(21)22-3,13(14,15)16)19-10-8(2)6-5-7-17-10/h5-7H,4H2,1-3H3,(H,17,19)(H,18,20)/t12-/m0/s1. The average Bonchev–Trinajstić information content (AvgIpc) is 2.46. The first-order chi connectivity index (χ1) is 10.2. The molecule has 0 radical (unpaired) electrons. The number of aryl methyl sites for hydroxylation is 1. The third-order valence-electron chi connectivity index (χ3n) is 2.88. The fraction of sp³-hybridized carbons (Fsp3) is 0.462. The van der Waals surface area contributed by atoms with Crippen LogP contribution in [-0.4, -0.2) is 35.8 Å². The molecule has 6 nitrogen and oxygen atoms in total. The number of rotatable bonds is 5. The Morgan fingerprint density at radius 3 is 2.45 bits per heavy atom. The number of nitrogens with zero attached hydrogens (tertiary/aromatic N) is 1. The van der Waals surface area contributed by atoms with Gasteiger partial charge in [0.2, 0.25) is 5.91 Å². The lowest BCUT2D eigenvalue weighted by atomic mass is 10.1. The maximum absolute atomic E-state index is 13.5. The van der Waals surface area contributed by atoms with Crippen molar-refractivity contribution in [3.05, 3.63) is 23.9 Å². The first-order valence-electron chi connectivity index (χ1n) is 6.34. The molecule has 0 unspecified atom stereocenters. The summed E-state index contributed by atoms with van der Waals surface area (Å²) in [5, 5.41) is 3.63. The molecular formula is C13H16F3N3O3. The smallest absolute Gasteiger partial charge is 0.441 e. The number of ether oxygens (including phenoxy) is 1. The molecule has 9 heteroatoms. The summed E-state index contributed by atoms with van der Waals surface area (Å²) in [6, 6.07) is 3.04. The number of carbonyl (C=O) groups is 2. The van der Waals surface area contributed by atoms with Crippen molar-refractivity contribution in [3.63, 3.8) is 0 Å². The number of aromatic nitrogens is 1. The van der Waals surface area contributed by atoms with Gasteiger partial charge in [-0.3, -0.25) is 4.79 Å². The fourth-order valence-corrected chi connectivity index (χ4v) is 1.64. The number of pyridine rings is 1. The van der Waals surface area contributed by atoms with Crippen LogP contribution in [0.5, 0.6) is 0 Å². The number of hydrogen-bond donors (Lipinski definition) is 2. The van der Waals surface area contributed by atoms with Crippen molar-refractivity contribution in [1.82, 2.24) is 10.3 Å². The lowest BCUT2D eigenvalue weighted by molar-refractivity contribution is -0.206. The van der Waals surface area contributed by atoms with E-state index in [-0.39, 0.29) is 12.2 Å².